The third kappa shape index (κ3) is 36.2. The van der Waals surface area contributed by atoms with E-state index in [1.165, 1.54) is 48.3 Å². The van der Waals surface area contributed by atoms with Gasteiger partial charge in [0.25, 0.3) is 0 Å². The molecule has 0 spiro atoms. The molecule has 0 N–H and O–H groups in total. The van der Waals surface area contributed by atoms with Gasteiger partial charge >= 0.3 is 122 Å². The van der Waals surface area contributed by atoms with Gasteiger partial charge in [-0.25, -0.2) is 0 Å². The van der Waals surface area contributed by atoms with Crippen molar-refractivity contribution in [3.05, 3.63) is 31.9 Å². The minimum atomic E-state index is -0.839. The second kappa shape index (κ2) is 31.7. The van der Waals surface area contributed by atoms with Gasteiger partial charge < -0.3 is 22.1 Å². The van der Waals surface area contributed by atoms with E-state index in [0.717, 1.165) is 0 Å². The molecule has 6 nitrogen and oxygen atoms in total. The first-order chi connectivity index (χ1) is 9.17. The molecule has 0 saturated heterocycles. The summed E-state index contributed by atoms with van der Waals surface area (Å²) in [6, 6.07) is 0. The number of nitrogens with zero attached hydrogens (tertiary/aromatic N) is 6. The number of rotatable bonds is 9. The molecule has 0 aromatic heterocycles. The van der Waals surface area contributed by atoms with Crippen molar-refractivity contribution in [1.82, 2.24) is 0 Å². The van der Waals surface area contributed by atoms with Crippen molar-refractivity contribution in [3.8, 4) is 0 Å². The van der Waals surface area contributed by atoms with Crippen LogP contribution in [0.15, 0.2) is 0 Å². The second-order valence-electron chi connectivity index (χ2n) is 4.24. The van der Waals surface area contributed by atoms with Gasteiger partial charge in [0.2, 0.25) is 0 Å². The van der Waals surface area contributed by atoms with E-state index >= 15 is 0 Å². The third-order valence-electron chi connectivity index (χ3n) is 2.65. The number of hydrogen-bond donors (Lipinski definition) is 0. The topological polar surface area (TPSA) is 117 Å². The molecule has 8 heteroatoms. The fourth-order valence-corrected chi connectivity index (χ4v) is 11.1. The predicted molar refractivity (Wildman–Crippen MR) is 85.1 cm³/mol. The van der Waals surface area contributed by atoms with Crippen LogP contribution in [-0.2, 0) is 0 Å². The van der Waals surface area contributed by atoms with Gasteiger partial charge in [-0.3, -0.25) is 9.82 Å². The Morgan fingerprint density at radius 2 is 0.850 bits per heavy atom. The average molecular weight is 397 g/mol. The molecular formula is C12H27N6NaSn. The van der Waals surface area contributed by atoms with Gasteiger partial charge in [-0.15, -0.1) is 0 Å². The molecule has 110 valence electrons. The summed E-state index contributed by atoms with van der Waals surface area (Å²) in [5.41, 5.74) is 27.0. The van der Waals surface area contributed by atoms with Crippen LogP contribution in [0, 0.1) is 0 Å². The maximum atomic E-state index is 6.75. The van der Waals surface area contributed by atoms with Crippen molar-refractivity contribution in [1.29, 1.82) is 0 Å². The summed E-state index contributed by atoms with van der Waals surface area (Å²) in [6.07, 6.45) is 8.85. The average Bonchev–Trinajstić information content (AvgIpc) is 2.40. The van der Waals surface area contributed by atoms with Crippen molar-refractivity contribution in [2.24, 2.45) is 0 Å². The molecule has 0 radical (unpaired) electrons. The minimum Gasteiger partial charge on any atom is -0.373 e. The van der Waals surface area contributed by atoms with Gasteiger partial charge in [0, 0.05) is 0 Å². The molecule has 0 amide bonds. The normalized spacial score (nSPS) is 7.55. The van der Waals surface area contributed by atoms with Crippen LogP contribution in [0.2, 0.25) is 13.3 Å². The van der Waals surface area contributed by atoms with Gasteiger partial charge in [-0.2, -0.15) is 0 Å². The molecule has 0 rings (SSSR count). The Balaban J connectivity index is -0.000000156. The largest absolute Gasteiger partial charge is 1.00 e. The van der Waals surface area contributed by atoms with Gasteiger partial charge in [0.05, 0.1) is 0 Å². The van der Waals surface area contributed by atoms with Crippen LogP contribution in [0.3, 0.4) is 0 Å². The molecule has 0 aliphatic carbocycles. The van der Waals surface area contributed by atoms with Crippen LogP contribution in [0.1, 0.15) is 59.3 Å². The molecule has 0 heterocycles. The van der Waals surface area contributed by atoms with E-state index in [1.54, 1.807) is 13.3 Å². The van der Waals surface area contributed by atoms with Crippen LogP contribution in [0.4, 0.5) is 0 Å². The molecule has 0 atom stereocenters. The zero-order valence-electron chi connectivity index (χ0n) is 13.5. The van der Waals surface area contributed by atoms with Crippen LogP contribution in [0.5, 0.6) is 0 Å². The molecule has 0 saturated carbocycles. The summed E-state index contributed by atoms with van der Waals surface area (Å²) in [6.45, 7) is 7.00. The van der Waals surface area contributed by atoms with Crippen LogP contribution >= 0.6 is 0 Å². The Kier molecular flexibility index (Phi) is 45.3. The maximum absolute atomic E-state index is 6.75. The van der Waals surface area contributed by atoms with Crippen LogP contribution in [0.25, 0.3) is 31.9 Å². The first-order valence-corrected chi connectivity index (χ1v) is 13.0. The van der Waals surface area contributed by atoms with Crippen LogP contribution < -0.4 is 29.6 Å². The second-order valence-corrected chi connectivity index (χ2v) is 12.8. The molecule has 20 heavy (non-hydrogen) atoms. The summed E-state index contributed by atoms with van der Waals surface area (Å²) >= 11 is -0.839. The zero-order chi connectivity index (χ0) is 15.4. The molecular weight excluding hydrogens is 370 g/mol. The van der Waals surface area contributed by atoms with E-state index in [4.69, 9.17) is 22.1 Å². The quantitative estimate of drug-likeness (QED) is 0.245. The van der Waals surface area contributed by atoms with E-state index in [9.17, 15) is 0 Å². The Labute approximate surface area is 153 Å². The fourth-order valence-electron chi connectivity index (χ4n) is 1.66. The van der Waals surface area contributed by atoms with Crippen molar-refractivity contribution < 1.29 is 29.6 Å². The molecule has 0 aliphatic rings. The van der Waals surface area contributed by atoms with Crippen molar-refractivity contribution in [2.45, 2.75) is 72.6 Å². The Hall–Kier alpha value is 0.419. The molecule has 0 aliphatic heterocycles. The molecule has 0 bridgehead atoms. The monoisotopic (exact) mass is 398 g/mol. The summed E-state index contributed by atoms with van der Waals surface area (Å²) in [4.78, 5) is 3.00. The SMILES string of the molecule is CCC[CH2][Sn+]([CH2]CCC)[CH2]CCC.[N-]=[N+]=[N-].[N-]=[N+]=[N-].[Na+]. The van der Waals surface area contributed by atoms with Crippen molar-refractivity contribution in [3.63, 3.8) is 0 Å². The summed E-state index contributed by atoms with van der Waals surface area (Å²) < 4.78 is 5.04. The summed E-state index contributed by atoms with van der Waals surface area (Å²) in [7, 11) is 0. The predicted octanol–water partition coefficient (Wildman–Crippen LogP) is 3.62. The molecule has 0 aromatic rings. The van der Waals surface area contributed by atoms with E-state index in [2.05, 4.69) is 20.8 Å². The summed E-state index contributed by atoms with van der Waals surface area (Å²) in [5.74, 6) is 0. The summed E-state index contributed by atoms with van der Waals surface area (Å²) in [5, 5.41) is 0. The Morgan fingerprint density at radius 3 is 1.00 bits per heavy atom. The molecule has 0 unspecified atom stereocenters. The van der Waals surface area contributed by atoms with Crippen molar-refractivity contribution in [2.75, 3.05) is 0 Å². The standard InChI is InChI=1S/3C4H9.2N3.Na.Sn/c3*1-3-4-2;2*1-3-2;;/h3*1,3-4H2,2H3;;;;/q;;;2*-1;2*+1. The van der Waals surface area contributed by atoms with E-state index < -0.39 is 19.8 Å². The third-order valence-corrected chi connectivity index (χ3v) is 11.7. The van der Waals surface area contributed by atoms with E-state index in [-0.39, 0.29) is 29.6 Å². The van der Waals surface area contributed by atoms with E-state index in [0.29, 0.717) is 0 Å². The zero-order valence-corrected chi connectivity index (χ0v) is 18.4. The smallest absolute Gasteiger partial charge is 0.373 e. The maximum Gasteiger partial charge on any atom is 1.00 e. The first kappa shape index (κ1) is 28.6. The van der Waals surface area contributed by atoms with Gasteiger partial charge in [0.15, 0.2) is 0 Å². The van der Waals surface area contributed by atoms with Gasteiger partial charge in [-0.1, -0.05) is 0 Å². The van der Waals surface area contributed by atoms with Crippen molar-refractivity contribution >= 4 is 19.8 Å². The Morgan fingerprint density at radius 1 is 0.650 bits per heavy atom. The number of hydrogen-bond acceptors (Lipinski definition) is 0. The van der Waals surface area contributed by atoms with Gasteiger partial charge in [0.1, 0.15) is 0 Å². The Bertz CT molecular complexity index is 197. The van der Waals surface area contributed by atoms with Gasteiger partial charge in [-0.05, 0) is 0 Å². The van der Waals surface area contributed by atoms with Crippen LogP contribution in [-0.4, -0.2) is 19.8 Å². The van der Waals surface area contributed by atoms with E-state index in [1.807, 2.05) is 0 Å². The fraction of sp³-hybridized carbons (Fsp3) is 1.00. The minimum absolute atomic E-state index is 0. The molecule has 0 fully saturated rings. The first-order valence-electron chi connectivity index (χ1n) is 6.98. The molecule has 0 aromatic carbocycles. The number of unbranched alkanes of at least 4 members (excludes halogenated alkanes) is 3.